The van der Waals surface area contributed by atoms with E-state index >= 15 is 4.39 Å². The average Bonchev–Trinajstić information content (AvgIpc) is 2.83. The molecule has 0 aromatic heterocycles. The van der Waals surface area contributed by atoms with Gasteiger partial charge in [-0.25, -0.2) is 8.78 Å². The van der Waals surface area contributed by atoms with E-state index in [0.717, 1.165) is 0 Å². The largest absolute Gasteiger partial charge is 0.393 e. The summed E-state index contributed by atoms with van der Waals surface area (Å²) in [4.78, 5) is 24.2. The minimum Gasteiger partial charge on any atom is -0.393 e. The highest BCUT2D eigenvalue weighted by Crippen LogP contribution is 2.68. The first kappa shape index (κ1) is 19.9. The summed E-state index contributed by atoms with van der Waals surface area (Å²) in [5.41, 5.74) is -3.25. The molecular formula is C22H28F2O4. The van der Waals surface area contributed by atoms with Crippen LogP contribution in [0.25, 0.3) is 0 Å². The summed E-state index contributed by atoms with van der Waals surface area (Å²) in [7, 11) is 0. The second-order valence-corrected chi connectivity index (χ2v) is 9.77. The monoisotopic (exact) mass is 394 g/mol. The first-order valence-corrected chi connectivity index (χ1v) is 10.1. The van der Waals surface area contributed by atoms with Crippen molar-refractivity contribution in [2.45, 2.75) is 57.9 Å². The fourth-order valence-corrected chi connectivity index (χ4v) is 7.36. The number of hydrogen-bond donors (Lipinski definition) is 2. The molecule has 0 aromatic rings. The van der Waals surface area contributed by atoms with Gasteiger partial charge in [0.2, 0.25) is 0 Å². The number of allylic oxidation sites excluding steroid dienone is 4. The normalized spacial score (nSPS) is 52.5. The van der Waals surface area contributed by atoms with Crippen molar-refractivity contribution in [3.05, 3.63) is 23.8 Å². The van der Waals surface area contributed by atoms with Crippen molar-refractivity contribution in [2.24, 2.45) is 34.5 Å². The SMILES string of the molecule is CC1C[C@H]2[C@@H]3CC(F)C4=CC(=O)C=C[C@]4(C)[C@H]3C(O)C[C@]2(C)[C@@]1(O)C(=O)CF. The van der Waals surface area contributed by atoms with Gasteiger partial charge in [-0.15, -0.1) is 0 Å². The predicted octanol–water partition coefficient (Wildman–Crippen LogP) is 2.73. The quantitative estimate of drug-likeness (QED) is 0.755. The van der Waals surface area contributed by atoms with Gasteiger partial charge in [-0.3, -0.25) is 9.59 Å². The van der Waals surface area contributed by atoms with E-state index in [4.69, 9.17) is 0 Å². The smallest absolute Gasteiger partial charge is 0.196 e. The van der Waals surface area contributed by atoms with E-state index in [1.54, 1.807) is 19.9 Å². The Morgan fingerprint density at radius 3 is 2.64 bits per heavy atom. The van der Waals surface area contributed by atoms with Crippen LogP contribution in [0.2, 0.25) is 0 Å². The van der Waals surface area contributed by atoms with E-state index in [0.29, 0.717) is 12.0 Å². The number of halogens is 2. The van der Waals surface area contributed by atoms with Crippen molar-refractivity contribution in [2.75, 3.05) is 6.67 Å². The molecule has 3 unspecified atom stereocenters. The van der Waals surface area contributed by atoms with Gasteiger partial charge in [0, 0.05) is 16.7 Å². The summed E-state index contributed by atoms with van der Waals surface area (Å²) >= 11 is 0. The zero-order chi connectivity index (χ0) is 20.6. The molecule has 0 aliphatic heterocycles. The zero-order valence-corrected chi connectivity index (χ0v) is 16.5. The maximum absolute atomic E-state index is 15.2. The van der Waals surface area contributed by atoms with E-state index < -0.39 is 47.1 Å². The van der Waals surface area contributed by atoms with Crippen LogP contribution in [0, 0.1) is 34.5 Å². The minimum absolute atomic E-state index is 0.136. The van der Waals surface area contributed by atoms with E-state index in [9.17, 15) is 24.2 Å². The zero-order valence-electron chi connectivity index (χ0n) is 16.5. The van der Waals surface area contributed by atoms with Crippen molar-refractivity contribution < 1.29 is 28.6 Å². The first-order valence-electron chi connectivity index (χ1n) is 10.1. The molecule has 0 aromatic carbocycles. The fourth-order valence-electron chi connectivity index (χ4n) is 7.36. The van der Waals surface area contributed by atoms with Crippen LogP contribution in [-0.4, -0.2) is 46.3 Å². The number of aliphatic hydroxyl groups excluding tert-OH is 1. The lowest BCUT2D eigenvalue weighted by atomic mass is 9.46. The Balaban J connectivity index is 1.81. The van der Waals surface area contributed by atoms with Crippen LogP contribution in [0.4, 0.5) is 8.78 Å². The number of carbonyl (C=O) groups excluding carboxylic acids is 2. The van der Waals surface area contributed by atoms with Gasteiger partial charge in [0.1, 0.15) is 11.8 Å². The van der Waals surface area contributed by atoms with E-state index in [-0.39, 0.29) is 36.4 Å². The Bertz CT molecular complexity index is 791. The molecule has 4 nitrogen and oxygen atoms in total. The van der Waals surface area contributed by atoms with Gasteiger partial charge < -0.3 is 10.2 Å². The van der Waals surface area contributed by atoms with Gasteiger partial charge in [-0.2, -0.15) is 0 Å². The highest BCUT2D eigenvalue weighted by Gasteiger charge is 2.71. The molecule has 2 N–H and O–H groups in total. The summed E-state index contributed by atoms with van der Waals surface area (Å²) in [5.74, 6) is -2.36. The Hall–Kier alpha value is -1.40. The lowest BCUT2D eigenvalue weighted by Gasteiger charge is -2.60. The Labute approximate surface area is 163 Å². The standard InChI is InChI=1S/C22H28F2O4/c1-11-6-14-13-8-16(24)15-7-12(25)4-5-20(15,2)19(13)17(26)9-21(14,3)22(11,28)18(27)10-23/h4-5,7,11,13-14,16-17,19,26,28H,6,8-10H2,1-3H3/t11?,13-,14-,16?,17?,19+,20-,21-,22-/m0/s1. The number of fused-ring (bicyclic) bond motifs is 5. The fraction of sp³-hybridized carbons (Fsp3) is 0.727. The highest BCUT2D eigenvalue weighted by molar-refractivity contribution is 6.01. The number of aliphatic hydroxyl groups is 2. The molecule has 9 atom stereocenters. The van der Waals surface area contributed by atoms with Gasteiger partial charge in [0.15, 0.2) is 18.2 Å². The first-order chi connectivity index (χ1) is 13.0. The van der Waals surface area contributed by atoms with Crippen molar-refractivity contribution in [3.63, 3.8) is 0 Å². The lowest BCUT2D eigenvalue weighted by molar-refractivity contribution is -0.184. The van der Waals surface area contributed by atoms with Crippen LogP contribution in [0.15, 0.2) is 23.8 Å². The van der Waals surface area contributed by atoms with Gasteiger partial charge in [-0.05, 0) is 54.7 Å². The molecule has 0 amide bonds. The van der Waals surface area contributed by atoms with Crippen LogP contribution in [0.3, 0.4) is 0 Å². The molecule has 28 heavy (non-hydrogen) atoms. The second-order valence-electron chi connectivity index (χ2n) is 9.77. The summed E-state index contributed by atoms with van der Waals surface area (Å²) in [5, 5.41) is 22.5. The number of ketones is 2. The molecule has 4 aliphatic rings. The van der Waals surface area contributed by atoms with Crippen molar-refractivity contribution in [3.8, 4) is 0 Å². The molecule has 6 heteroatoms. The third-order valence-corrected chi connectivity index (χ3v) is 8.60. The molecule has 4 rings (SSSR count). The molecule has 0 radical (unpaired) electrons. The van der Waals surface area contributed by atoms with E-state index in [2.05, 4.69) is 0 Å². The molecule has 0 spiro atoms. The Kier molecular flexibility index (Phi) is 4.30. The van der Waals surface area contributed by atoms with Crippen LogP contribution < -0.4 is 0 Å². The Morgan fingerprint density at radius 2 is 2.00 bits per heavy atom. The summed E-state index contributed by atoms with van der Waals surface area (Å²) in [6.07, 6.45) is 3.03. The number of alkyl halides is 2. The molecule has 3 saturated carbocycles. The summed E-state index contributed by atoms with van der Waals surface area (Å²) in [6.45, 7) is 4.08. The number of hydrogen-bond acceptors (Lipinski definition) is 4. The number of carbonyl (C=O) groups is 2. The average molecular weight is 394 g/mol. The lowest BCUT2D eigenvalue weighted by Crippen LogP contribution is -2.63. The van der Waals surface area contributed by atoms with Crippen molar-refractivity contribution in [1.82, 2.24) is 0 Å². The minimum atomic E-state index is -1.86. The van der Waals surface area contributed by atoms with Crippen molar-refractivity contribution in [1.29, 1.82) is 0 Å². The second kappa shape index (κ2) is 6.05. The van der Waals surface area contributed by atoms with Crippen LogP contribution in [0.5, 0.6) is 0 Å². The molecular weight excluding hydrogens is 366 g/mol. The van der Waals surface area contributed by atoms with Gasteiger partial charge >= 0.3 is 0 Å². The van der Waals surface area contributed by atoms with Crippen LogP contribution in [0.1, 0.15) is 40.0 Å². The van der Waals surface area contributed by atoms with Gasteiger partial charge in [0.05, 0.1) is 6.10 Å². The topological polar surface area (TPSA) is 74.6 Å². The van der Waals surface area contributed by atoms with E-state index in [1.165, 1.54) is 12.2 Å². The maximum atomic E-state index is 15.2. The highest BCUT2D eigenvalue weighted by atomic mass is 19.1. The Morgan fingerprint density at radius 1 is 1.32 bits per heavy atom. The molecule has 0 bridgehead atoms. The number of Topliss-reactive ketones (excluding diaryl/α,β-unsaturated/α-hetero) is 1. The molecule has 4 aliphatic carbocycles. The molecule has 0 saturated heterocycles. The third-order valence-electron chi connectivity index (χ3n) is 8.60. The molecule has 0 heterocycles. The summed E-state index contributed by atoms with van der Waals surface area (Å²) in [6, 6.07) is 0. The van der Waals surface area contributed by atoms with E-state index in [1.807, 2.05) is 6.92 Å². The van der Waals surface area contributed by atoms with Gasteiger partial charge in [0.25, 0.3) is 0 Å². The maximum Gasteiger partial charge on any atom is 0.196 e. The van der Waals surface area contributed by atoms with Gasteiger partial charge in [-0.1, -0.05) is 26.8 Å². The third kappa shape index (κ3) is 2.22. The van der Waals surface area contributed by atoms with Crippen LogP contribution in [-0.2, 0) is 9.59 Å². The molecule has 3 fully saturated rings. The number of rotatable bonds is 2. The molecule has 154 valence electrons. The van der Waals surface area contributed by atoms with Crippen molar-refractivity contribution >= 4 is 11.6 Å². The van der Waals surface area contributed by atoms with Crippen LogP contribution >= 0.6 is 0 Å². The predicted molar refractivity (Wildman–Crippen MR) is 98.8 cm³/mol. The summed E-state index contributed by atoms with van der Waals surface area (Å²) < 4.78 is 28.5.